The average Bonchev–Trinajstić information content (AvgIpc) is 2.40. The summed E-state index contributed by atoms with van der Waals surface area (Å²) in [5, 5.41) is 0. The first-order chi connectivity index (χ1) is 8.33. The van der Waals surface area contributed by atoms with Crippen molar-refractivity contribution in [1.82, 2.24) is 0 Å². The third-order valence-electron chi connectivity index (χ3n) is 2.60. The second kappa shape index (κ2) is 5.48. The van der Waals surface area contributed by atoms with Crippen LogP contribution in [0.3, 0.4) is 0 Å². The molecule has 17 heavy (non-hydrogen) atoms. The minimum absolute atomic E-state index is 0.471. The highest BCUT2D eigenvalue weighted by Crippen LogP contribution is 2.23. The van der Waals surface area contributed by atoms with Gasteiger partial charge in [0.1, 0.15) is 11.5 Å². The number of rotatable bonds is 4. The molecule has 4 N–H and O–H groups in total. The second-order valence-electron chi connectivity index (χ2n) is 3.75. The quantitative estimate of drug-likeness (QED) is 0.844. The predicted octanol–water partition coefficient (Wildman–Crippen LogP) is 2.40. The topological polar surface area (TPSA) is 61.3 Å². The van der Waals surface area contributed by atoms with Crippen molar-refractivity contribution in [2.75, 3.05) is 0 Å². The van der Waals surface area contributed by atoms with Gasteiger partial charge in [-0.1, -0.05) is 24.3 Å². The molecule has 0 fully saturated rings. The molecule has 0 saturated heterocycles. The standard InChI is InChI=1S/C14H16N2O/c15-9-11-6-7-14(8-12(11)10-16)17-13-4-2-1-3-5-13/h1-8H,9-10,15-16H2. The van der Waals surface area contributed by atoms with Crippen molar-refractivity contribution in [1.29, 1.82) is 0 Å². The van der Waals surface area contributed by atoms with Crippen LogP contribution in [0.2, 0.25) is 0 Å². The van der Waals surface area contributed by atoms with Gasteiger partial charge in [0.25, 0.3) is 0 Å². The molecular weight excluding hydrogens is 212 g/mol. The molecule has 0 radical (unpaired) electrons. The summed E-state index contributed by atoms with van der Waals surface area (Å²) < 4.78 is 5.72. The Balaban J connectivity index is 2.22. The molecule has 0 aliphatic carbocycles. The fraction of sp³-hybridized carbons (Fsp3) is 0.143. The van der Waals surface area contributed by atoms with Gasteiger partial charge in [-0.3, -0.25) is 0 Å². The van der Waals surface area contributed by atoms with Gasteiger partial charge in [0, 0.05) is 13.1 Å². The van der Waals surface area contributed by atoms with E-state index in [1.807, 2.05) is 48.5 Å². The molecule has 0 aliphatic rings. The van der Waals surface area contributed by atoms with E-state index in [-0.39, 0.29) is 0 Å². The summed E-state index contributed by atoms with van der Waals surface area (Å²) in [6.07, 6.45) is 0. The maximum Gasteiger partial charge on any atom is 0.127 e. The summed E-state index contributed by atoms with van der Waals surface area (Å²) in [4.78, 5) is 0. The van der Waals surface area contributed by atoms with Crippen LogP contribution in [0.1, 0.15) is 11.1 Å². The Labute approximate surface area is 101 Å². The average molecular weight is 228 g/mol. The molecule has 0 aliphatic heterocycles. The molecule has 0 bridgehead atoms. The van der Waals surface area contributed by atoms with E-state index in [2.05, 4.69) is 0 Å². The minimum Gasteiger partial charge on any atom is -0.457 e. The molecule has 2 aromatic rings. The normalized spacial score (nSPS) is 10.2. The van der Waals surface area contributed by atoms with E-state index >= 15 is 0 Å². The van der Waals surface area contributed by atoms with Crippen molar-refractivity contribution in [2.24, 2.45) is 11.5 Å². The molecular formula is C14H16N2O. The summed E-state index contributed by atoms with van der Waals surface area (Å²) in [5.41, 5.74) is 13.4. The lowest BCUT2D eigenvalue weighted by Gasteiger charge is -2.10. The maximum atomic E-state index is 5.72. The van der Waals surface area contributed by atoms with Crippen molar-refractivity contribution in [3.05, 3.63) is 59.7 Å². The maximum absolute atomic E-state index is 5.72. The van der Waals surface area contributed by atoms with Gasteiger partial charge in [-0.2, -0.15) is 0 Å². The molecule has 0 saturated carbocycles. The molecule has 0 amide bonds. The van der Waals surface area contributed by atoms with E-state index < -0.39 is 0 Å². The number of ether oxygens (including phenoxy) is 1. The van der Waals surface area contributed by atoms with Gasteiger partial charge >= 0.3 is 0 Å². The summed E-state index contributed by atoms with van der Waals surface area (Å²) in [5.74, 6) is 1.60. The van der Waals surface area contributed by atoms with Crippen LogP contribution in [0.4, 0.5) is 0 Å². The Morgan fingerprint density at radius 1 is 0.765 bits per heavy atom. The molecule has 2 aromatic carbocycles. The van der Waals surface area contributed by atoms with Gasteiger partial charge in [-0.05, 0) is 35.4 Å². The highest BCUT2D eigenvalue weighted by molar-refractivity contribution is 5.38. The zero-order valence-electron chi connectivity index (χ0n) is 9.60. The second-order valence-corrected chi connectivity index (χ2v) is 3.75. The van der Waals surface area contributed by atoms with Crippen LogP contribution in [-0.2, 0) is 13.1 Å². The lowest BCUT2D eigenvalue weighted by atomic mass is 10.1. The fourth-order valence-corrected chi connectivity index (χ4v) is 1.68. The van der Waals surface area contributed by atoms with Crippen LogP contribution < -0.4 is 16.2 Å². The summed E-state index contributed by atoms with van der Waals surface area (Å²) in [6, 6.07) is 15.5. The predicted molar refractivity (Wildman–Crippen MR) is 68.7 cm³/mol. The van der Waals surface area contributed by atoms with Crippen LogP contribution in [0.15, 0.2) is 48.5 Å². The lowest BCUT2D eigenvalue weighted by Crippen LogP contribution is -2.05. The minimum atomic E-state index is 0.471. The molecule has 88 valence electrons. The highest BCUT2D eigenvalue weighted by Gasteiger charge is 2.02. The van der Waals surface area contributed by atoms with E-state index in [1.54, 1.807) is 0 Å². The monoisotopic (exact) mass is 228 g/mol. The molecule has 0 unspecified atom stereocenters. The van der Waals surface area contributed by atoms with Crippen molar-refractivity contribution in [3.63, 3.8) is 0 Å². The Kier molecular flexibility index (Phi) is 3.75. The molecule has 0 heterocycles. The number of para-hydroxylation sites is 1. The van der Waals surface area contributed by atoms with Crippen LogP contribution in [0, 0.1) is 0 Å². The van der Waals surface area contributed by atoms with E-state index in [9.17, 15) is 0 Å². The van der Waals surface area contributed by atoms with Gasteiger partial charge in [-0.15, -0.1) is 0 Å². The molecule has 3 nitrogen and oxygen atoms in total. The first-order valence-electron chi connectivity index (χ1n) is 5.58. The van der Waals surface area contributed by atoms with Crippen LogP contribution in [0.5, 0.6) is 11.5 Å². The Hall–Kier alpha value is -1.84. The third kappa shape index (κ3) is 2.84. The Morgan fingerprint density at radius 3 is 2.12 bits per heavy atom. The molecule has 0 aromatic heterocycles. The van der Waals surface area contributed by atoms with Crippen molar-refractivity contribution in [3.8, 4) is 11.5 Å². The van der Waals surface area contributed by atoms with E-state index in [0.29, 0.717) is 13.1 Å². The van der Waals surface area contributed by atoms with Crippen LogP contribution in [-0.4, -0.2) is 0 Å². The van der Waals surface area contributed by atoms with Crippen molar-refractivity contribution >= 4 is 0 Å². The van der Waals surface area contributed by atoms with E-state index in [0.717, 1.165) is 22.6 Å². The first kappa shape index (κ1) is 11.6. The zero-order valence-corrected chi connectivity index (χ0v) is 9.60. The zero-order chi connectivity index (χ0) is 12.1. The largest absolute Gasteiger partial charge is 0.457 e. The number of hydrogen-bond donors (Lipinski definition) is 2. The molecule has 0 atom stereocenters. The van der Waals surface area contributed by atoms with Gasteiger partial charge in [-0.25, -0.2) is 0 Å². The number of benzene rings is 2. The molecule has 0 spiro atoms. The van der Waals surface area contributed by atoms with Gasteiger partial charge in [0.2, 0.25) is 0 Å². The molecule has 2 rings (SSSR count). The van der Waals surface area contributed by atoms with Crippen LogP contribution >= 0.6 is 0 Å². The van der Waals surface area contributed by atoms with Crippen LogP contribution in [0.25, 0.3) is 0 Å². The summed E-state index contributed by atoms with van der Waals surface area (Å²) in [7, 11) is 0. The van der Waals surface area contributed by atoms with Crippen molar-refractivity contribution < 1.29 is 4.74 Å². The number of nitrogens with two attached hydrogens (primary N) is 2. The van der Waals surface area contributed by atoms with Gasteiger partial charge in [0.05, 0.1) is 0 Å². The highest BCUT2D eigenvalue weighted by atomic mass is 16.5. The Morgan fingerprint density at radius 2 is 1.47 bits per heavy atom. The smallest absolute Gasteiger partial charge is 0.127 e. The van der Waals surface area contributed by atoms with Gasteiger partial charge < -0.3 is 16.2 Å². The summed E-state index contributed by atoms with van der Waals surface area (Å²) >= 11 is 0. The third-order valence-corrected chi connectivity index (χ3v) is 2.60. The van der Waals surface area contributed by atoms with E-state index in [1.165, 1.54) is 0 Å². The SMILES string of the molecule is NCc1ccc(Oc2ccccc2)cc1CN. The van der Waals surface area contributed by atoms with Crippen molar-refractivity contribution in [2.45, 2.75) is 13.1 Å². The van der Waals surface area contributed by atoms with Gasteiger partial charge in [0.15, 0.2) is 0 Å². The summed E-state index contributed by atoms with van der Waals surface area (Å²) in [6.45, 7) is 0.969. The molecule has 3 heteroatoms. The fourth-order valence-electron chi connectivity index (χ4n) is 1.68. The Bertz CT molecular complexity index is 483. The van der Waals surface area contributed by atoms with E-state index in [4.69, 9.17) is 16.2 Å². The number of hydrogen-bond acceptors (Lipinski definition) is 3. The lowest BCUT2D eigenvalue weighted by molar-refractivity contribution is 0.481. The first-order valence-corrected chi connectivity index (χ1v) is 5.58.